The smallest absolute Gasteiger partial charge is 0.295 e. The Morgan fingerprint density at radius 2 is 1.96 bits per heavy atom. The average molecular weight is 332 g/mol. The minimum Gasteiger partial charge on any atom is -0.352 e. The van der Waals surface area contributed by atoms with Gasteiger partial charge in [-0.1, -0.05) is 31.5 Å². The number of nitrogens with one attached hydrogen (secondary N) is 1. The summed E-state index contributed by atoms with van der Waals surface area (Å²) in [5.41, 5.74) is 2.12. The fourth-order valence-electron chi connectivity index (χ4n) is 2.41. The first-order valence-electron chi connectivity index (χ1n) is 7.83. The third-order valence-corrected chi connectivity index (χ3v) is 4.39. The van der Waals surface area contributed by atoms with Gasteiger partial charge >= 0.3 is 0 Å². The van der Waals surface area contributed by atoms with Crippen molar-refractivity contribution in [3.63, 3.8) is 0 Å². The third kappa shape index (κ3) is 3.64. The van der Waals surface area contributed by atoms with E-state index in [2.05, 4.69) is 12.2 Å². The van der Waals surface area contributed by atoms with Crippen molar-refractivity contribution in [1.82, 2.24) is 14.3 Å². The van der Waals surface area contributed by atoms with Crippen molar-refractivity contribution in [3.8, 4) is 5.69 Å². The van der Waals surface area contributed by atoms with Gasteiger partial charge in [0, 0.05) is 20.6 Å². The fourth-order valence-corrected chi connectivity index (χ4v) is 2.60. The molecule has 6 heteroatoms. The Morgan fingerprint density at radius 1 is 1.30 bits per heavy atom. The van der Waals surface area contributed by atoms with Crippen LogP contribution in [0.25, 0.3) is 5.69 Å². The van der Waals surface area contributed by atoms with Gasteiger partial charge in [-0.05, 0) is 37.7 Å². The lowest BCUT2D eigenvalue weighted by Crippen LogP contribution is -2.33. The van der Waals surface area contributed by atoms with Crippen LogP contribution in [0.1, 0.15) is 25.5 Å². The largest absolute Gasteiger partial charge is 0.352 e. The first kappa shape index (κ1) is 17.3. The van der Waals surface area contributed by atoms with E-state index in [1.165, 1.54) is 0 Å². The molecule has 0 unspecified atom stereocenters. The maximum atomic E-state index is 12.8. The van der Waals surface area contributed by atoms with Crippen LogP contribution >= 0.6 is 12.2 Å². The lowest BCUT2D eigenvalue weighted by atomic mass is 10.3. The standard InChI is InChI=1S/C17H24N4OS/c1-5-6-12-19(3)17(23)18-15-13(2)20(4)21(16(15)22)14-10-8-7-9-11-14/h7-11H,5-6,12H2,1-4H3,(H,18,23). The number of thiocarbonyl (C=S) groups is 1. The maximum absolute atomic E-state index is 12.8. The summed E-state index contributed by atoms with van der Waals surface area (Å²) in [6, 6.07) is 9.59. The molecule has 1 aromatic heterocycles. The predicted molar refractivity (Wildman–Crippen MR) is 99.5 cm³/mol. The Labute approximate surface area is 142 Å². The molecule has 1 aromatic carbocycles. The number of benzene rings is 1. The molecule has 0 saturated heterocycles. The molecule has 0 bridgehead atoms. The van der Waals surface area contributed by atoms with Gasteiger partial charge in [0.25, 0.3) is 5.56 Å². The molecule has 1 N–H and O–H groups in total. The number of aromatic nitrogens is 2. The lowest BCUT2D eigenvalue weighted by Gasteiger charge is -2.20. The van der Waals surface area contributed by atoms with Gasteiger partial charge in [-0.15, -0.1) is 0 Å². The monoisotopic (exact) mass is 332 g/mol. The lowest BCUT2D eigenvalue weighted by molar-refractivity contribution is 0.491. The first-order valence-corrected chi connectivity index (χ1v) is 8.24. The minimum absolute atomic E-state index is 0.0950. The molecule has 0 aliphatic rings. The van der Waals surface area contributed by atoms with Crippen LogP contribution in [0.5, 0.6) is 0 Å². The summed E-state index contributed by atoms with van der Waals surface area (Å²) in [7, 11) is 3.82. The van der Waals surface area contributed by atoms with E-state index in [0.717, 1.165) is 30.8 Å². The van der Waals surface area contributed by atoms with Crippen LogP contribution in [0.2, 0.25) is 0 Å². The van der Waals surface area contributed by atoms with Gasteiger partial charge in [0.2, 0.25) is 0 Å². The summed E-state index contributed by atoms with van der Waals surface area (Å²) >= 11 is 5.42. The predicted octanol–water partition coefficient (Wildman–Crippen LogP) is 2.91. The number of unbranched alkanes of at least 4 members (excludes halogenated alkanes) is 1. The van der Waals surface area contributed by atoms with E-state index in [9.17, 15) is 4.79 Å². The number of nitrogens with zero attached hydrogens (tertiary/aromatic N) is 3. The maximum Gasteiger partial charge on any atom is 0.295 e. The molecule has 0 aliphatic carbocycles. The van der Waals surface area contributed by atoms with E-state index in [1.807, 2.05) is 60.9 Å². The van der Waals surface area contributed by atoms with E-state index >= 15 is 0 Å². The Kier molecular flexibility index (Phi) is 5.60. The van der Waals surface area contributed by atoms with Gasteiger partial charge in [0.15, 0.2) is 5.11 Å². The van der Waals surface area contributed by atoms with Crippen LogP contribution in [0.3, 0.4) is 0 Å². The molecular formula is C17H24N4OS. The van der Waals surface area contributed by atoms with Crippen LogP contribution in [-0.2, 0) is 7.05 Å². The van der Waals surface area contributed by atoms with Crippen molar-refractivity contribution in [2.45, 2.75) is 26.7 Å². The van der Waals surface area contributed by atoms with Crippen molar-refractivity contribution in [3.05, 3.63) is 46.4 Å². The van der Waals surface area contributed by atoms with E-state index in [1.54, 1.807) is 4.68 Å². The summed E-state index contributed by atoms with van der Waals surface area (Å²) < 4.78 is 3.49. The second-order valence-corrected chi connectivity index (χ2v) is 6.03. The fraction of sp³-hybridized carbons (Fsp3) is 0.412. The zero-order valence-electron chi connectivity index (χ0n) is 14.2. The Hall–Kier alpha value is -2.08. The topological polar surface area (TPSA) is 42.2 Å². The number of hydrogen-bond acceptors (Lipinski definition) is 2. The zero-order valence-corrected chi connectivity index (χ0v) is 15.0. The molecule has 0 spiro atoms. The summed E-state index contributed by atoms with van der Waals surface area (Å²) in [5, 5.41) is 3.69. The Morgan fingerprint density at radius 3 is 2.57 bits per heavy atom. The SMILES string of the molecule is CCCCN(C)C(=S)Nc1c(C)n(C)n(-c2ccccc2)c1=O. The van der Waals surface area contributed by atoms with Crippen LogP contribution in [-0.4, -0.2) is 33.0 Å². The molecular weight excluding hydrogens is 308 g/mol. The second-order valence-electron chi connectivity index (χ2n) is 5.64. The van der Waals surface area contributed by atoms with Crippen molar-refractivity contribution < 1.29 is 0 Å². The van der Waals surface area contributed by atoms with Crippen molar-refractivity contribution in [2.75, 3.05) is 18.9 Å². The van der Waals surface area contributed by atoms with E-state index in [0.29, 0.717) is 10.8 Å². The molecule has 0 atom stereocenters. The molecule has 0 radical (unpaired) electrons. The van der Waals surface area contributed by atoms with Crippen LogP contribution in [0.15, 0.2) is 35.1 Å². The highest BCUT2D eigenvalue weighted by molar-refractivity contribution is 7.80. The summed E-state index contributed by atoms with van der Waals surface area (Å²) in [4.78, 5) is 14.8. The Bertz CT molecular complexity index is 733. The van der Waals surface area contributed by atoms with E-state index in [4.69, 9.17) is 12.2 Å². The normalized spacial score (nSPS) is 10.6. The van der Waals surface area contributed by atoms with E-state index in [-0.39, 0.29) is 5.56 Å². The molecule has 23 heavy (non-hydrogen) atoms. The molecule has 124 valence electrons. The first-order chi connectivity index (χ1) is 11.0. The van der Waals surface area contributed by atoms with Gasteiger partial charge in [0.05, 0.1) is 11.4 Å². The van der Waals surface area contributed by atoms with Crippen molar-refractivity contribution >= 4 is 23.0 Å². The van der Waals surface area contributed by atoms with Crippen LogP contribution in [0, 0.1) is 6.92 Å². The van der Waals surface area contributed by atoms with Gasteiger partial charge in [-0.25, -0.2) is 4.68 Å². The van der Waals surface area contributed by atoms with Crippen LogP contribution in [0.4, 0.5) is 5.69 Å². The quantitative estimate of drug-likeness (QED) is 0.855. The minimum atomic E-state index is -0.0950. The molecule has 0 saturated carbocycles. The zero-order chi connectivity index (χ0) is 17.0. The highest BCUT2D eigenvalue weighted by atomic mass is 32.1. The molecule has 2 aromatic rings. The summed E-state index contributed by atoms with van der Waals surface area (Å²) in [5.74, 6) is 0. The number of hydrogen-bond donors (Lipinski definition) is 1. The second kappa shape index (κ2) is 7.46. The Balaban J connectivity index is 2.31. The third-order valence-electron chi connectivity index (χ3n) is 3.98. The highest BCUT2D eigenvalue weighted by Crippen LogP contribution is 2.14. The van der Waals surface area contributed by atoms with E-state index < -0.39 is 0 Å². The van der Waals surface area contributed by atoms with Crippen molar-refractivity contribution in [2.24, 2.45) is 7.05 Å². The summed E-state index contributed by atoms with van der Waals surface area (Å²) in [6.45, 7) is 4.93. The molecule has 5 nitrogen and oxygen atoms in total. The average Bonchev–Trinajstić information content (AvgIpc) is 2.77. The van der Waals surface area contributed by atoms with Gasteiger partial charge in [-0.3, -0.25) is 9.48 Å². The molecule has 1 heterocycles. The number of rotatable bonds is 5. The summed E-state index contributed by atoms with van der Waals surface area (Å²) in [6.07, 6.45) is 2.18. The van der Waals surface area contributed by atoms with Gasteiger partial charge in [-0.2, -0.15) is 0 Å². The van der Waals surface area contributed by atoms with Gasteiger partial charge < -0.3 is 10.2 Å². The molecule has 0 amide bonds. The molecule has 2 rings (SSSR count). The molecule has 0 aliphatic heterocycles. The number of anilines is 1. The number of para-hydroxylation sites is 1. The molecule has 0 fully saturated rings. The van der Waals surface area contributed by atoms with Crippen molar-refractivity contribution in [1.29, 1.82) is 0 Å². The van der Waals surface area contributed by atoms with Crippen LogP contribution < -0.4 is 10.9 Å². The van der Waals surface area contributed by atoms with Gasteiger partial charge in [0.1, 0.15) is 5.69 Å². The highest BCUT2D eigenvalue weighted by Gasteiger charge is 2.17.